The smallest absolute Gasteiger partial charge is 0.124 e. The van der Waals surface area contributed by atoms with Gasteiger partial charge in [0.25, 0.3) is 0 Å². The number of hydrogen-bond acceptors (Lipinski definition) is 6. The molecule has 2 heterocycles. The summed E-state index contributed by atoms with van der Waals surface area (Å²) < 4.78 is 0. The summed E-state index contributed by atoms with van der Waals surface area (Å²) in [4.78, 5) is 4.60. The van der Waals surface area contributed by atoms with Crippen LogP contribution in [-0.2, 0) is 23.7 Å². The Morgan fingerprint density at radius 3 is 1.32 bits per heavy atom. The Bertz CT molecular complexity index is 1060. The van der Waals surface area contributed by atoms with Gasteiger partial charge in [-0.05, 0) is 80.3 Å². The van der Waals surface area contributed by atoms with Gasteiger partial charge in [-0.3, -0.25) is 9.80 Å². The van der Waals surface area contributed by atoms with E-state index in [0.29, 0.717) is 35.2 Å². The highest BCUT2D eigenvalue weighted by Crippen LogP contribution is 2.35. The molecule has 8 heteroatoms. The number of phenols is 2. The summed E-state index contributed by atoms with van der Waals surface area (Å²) >= 11 is 6.66. The summed E-state index contributed by atoms with van der Waals surface area (Å²) in [5.74, 6) is 0.766. The summed E-state index contributed by atoms with van der Waals surface area (Å²) in [5.41, 5.74) is 4.60. The predicted molar refractivity (Wildman–Crippen MR) is 170 cm³/mol. The van der Waals surface area contributed by atoms with E-state index in [1.165, 1.54) is 5.56 Å². The van der Waals surface area contributed by atoms with Crippen LogP contribution in [0.5, 0.6) is 11.5 Å². The third-order valence-corrected chi connectivity index (χ3v) is 9.43. The van der Waals surface area contributed by atoms with Crippen LogP contribution in [0, 0.1) is 13.8 Å². The van der Waals surface area contributed by atoms with Gasteiger partial charge in [-0.15, -0.1) is 0 Å². The topological polar surface area (TPSA) is 87.4 Å². The van der Waals surface area contributed by atoms with E-state index in [0.717, 1.165) is 66.6 Å². The van der Waals surface area contributed by atoms with Crippen molar-refractivity contribution in [1.29, 1.82) is 0 Å². The molecular formula is C32H48Br2N2O4. The molecule has 1 unspecified atom stereocenters. The van der Waals surface area contributed by atoms with Gasteiger partial charge in [-0.2, -0.15) is 0 Å². The van der Waals surface area contributed by atoms with Gasteiger partial charge in [0.05, 0.1) is 11.2 Å². The zero-order valence-corrected chi connectivity index (χ0v) is 28.1. The van der Waals surface area contributed by atoms with Crippen molar-refractivity contribution in [3.63, 3.8) is 0 Å². The summed E-state index contributed by atoms with van der Waals surface area (Å²) in [6.07, 6.45) is 4.14. The second-order valence-electron chi connectivity index (χ2n) is 12.7. The molecule has 224 valence electrons. The number of nitrogens with zero attached hydrogens (tertiary/aromatic N) is 2. The molecule has 4 N–H and O–H groups in total. The molecule has 2 aliphatic heterocycles. The Balaban J connectivity index is 0.000000307. The second kappa shape index (κ2) is 13.9. The number of rotatable bonds is 8. The highest BCUT2D eigenvalue weighted by Gasteiger charge is 2.37. The lowest BCUT2D eigenvalue weighted by atomic mass is 9.95. The number of alkyl halides is 2. The average molecular weight is 685 g/mol. The van der Waals surface area contributed by atoms with Crippen LogP contribution in [0.15, 0.2) is 24.3 Å². The maximum absolute atomic E-state index is 11.0. The average Bonchev–Trinajstić information content (AvgIpc) is 3.53. The van der Waals surface area contributed by atoms with Crippen molar-refractivity contribution >= 4 is 31.9 Å². The van der Waals surface area contributed by atoms with Gasteiger partial charge in [0.15, 0.2) is 0 Å². The van der Waals surface area contributed by atoms with Crippen molar-refractivity contribution in [2.75, 3.05) is 13.1 Å². The number of halogens is 2. The Morgan fingerprint density at radius 2 is 1.00 bits per heavy atom. The van der Waals surface area contributed by atoms with Crippen LogP contribution in [0.3, 0.4) is 0 Å². The monoisotopic (exact) mass is 682 g/mol. The van der Waals surface area contributed by atoms with Gasteiger partial charge in [-0.25, -0.2) is 0 Å². The van der Waals surface area contributed by atoms with E-state index in [4.69, 9.17) is 0 Å². The Kier molecular flexibility index (Phi) is 11.6. The van der Waals surface area contributed by atoms with Gasteiger partial charge in [-0.1, -0.05) is 67.3 Å². The van der Waals surface area contributed by atoms with Crippen LogP contribution >= 0.6 is 31.9 Å². The second-order valence-corrected chi connectivity index (χ2v) is 13.8. The summed E-state index contributed by atoms with van der Waals surface area (Å²) in [5, 5.41) is 43.1. The van der Waals surface area contributed by atoms with Gasteiger partial charge in [0.2, 0.25) is 0 Å². The number of aryl methyl sites for hydroxylation is 2. The minimum absolute atomic E-state index is 0.119. The van der Waals surface area contributed by atoms with E-state index in [2.05, 4.69) is 60.7 Å². The van der Waals surface area contributed by atoms with E-state index in [1.807, 2.05) is 46.8 Å². The van der Waals surface area contributed by atoms with E-state index >= 15 is 0 Å². The minimum Gasteiger partial charge on any atom is -0.507 e. The zero-order chi connectivity index (χ0) is 29.8. The molecule has 2 atom stereocenters. The molecular weight excluding hydrogens is 636 g/mol. The fraction of sp³-hybridized carbons (Fsp3) is 0.625. The number of aliphatic hydroxyl groups is 2. The number of hydrogen-bond donors (Lipinski definition) is 4. The van der Waals surface area contributed by atoms with Crippen molar-refractivity contribution in [2.24, 2.45) is 0 Å². The normalized spacial score (nSPS) is 20.6. The molecule has 6 nitrogen and oxygen atoms in total. The lowest BCUT2D eigenvalue weighted by Gasteiger charge is -2.35. The van der Waals surface area contributed by atoms with Gasteiger partial charge < -0.3 is 20.4 Å². The quantitative estimate of drug-likeness (QED) is 0.233. The fourth-order valence-electron chi connectivity index (χ4n) is 6.38. The first-order valence-corrected chi connectivity index (χ1v) is 16.6. The molecule has 0 bridgehead atoms. The summed E-state index contributed by atoms with van der Waals surface area (Å²) in [6, 6.07) is 8.33. The van der Waals surface area contributed by atoms with E-state index < -0.39 is 11.2 Å². The van der Waals surface area contributed by atoms with Crippen molar-refractivity contribution in [3.05, 3.63) is 57.6 Å². The minimum atomic E-state index is -0.742. The van der Waals surface area contributed by atoms with Crippen LogP contribution in [0.25, 0.3) is 0 Å². The maximum atomic E-state index is 11.0. The molecule has 0 aromatic heterocycles. The van der Waals surface area contributed by atoms with Gasteiger partial charge in [0.1, 0.15) is 11.5 Å². The molecule has 2 aromatic carbocycles. The van der Waals surface area contributed by atoms with Gasteiger partial charge in [0, 0.05) is 58.1 Å². The number of phenolic OH excluding ortho intramolecular Hbond substituents is 2. The molecule has 2 saturated heterocycles. The molecule has 0 spiro atoms. The molecule has 40 heavy (non-hydrogen) atoms. The highest BCUT2D eigenvalue weighted by atomic mass is 79.9. The SMILES string of the molecule is Cc1cc(CBr)c(O)c(CBr)c1.Cc1cc(CN2CCCC2C(C)(C)O)c(O)c(CN2CCC[C@@H]2C(C)(C)O)c1. The Morgan fingerprint density at radius 1 is 0.675 bits per heavy atom. The molecule has 0 amide bonds. The molecule has 2 fully saturated rings. The van der Waals surface area contributed by atoms with Gasteiger partial charge >= 0.3 is 0 Å². The highest BCUT2D eigenvalue weighted by molar-refractivity contribution is 9.08. The van der Waals surface area contributed by atoms with Crippen LogP contribution in [0.4, 0.5) is 0 Å². The van der Waals surface area contributed by atoms with Crippen molar-refractivity contribution in [3.8, 4) is 11.5 Å². The first-order chi connectivity index (χ1) is 18.6. The van der Waals surface area contributed by atoms with E-state index in [9.17, 15) is 20.4 Å². The van der Waals surface area contributed by atoms with Crippen LogP contribution in [-0.4, -0.2) is 66.6 Å². The predicted octanol–water partition coefficient (Wildman–Crippen LogP) is 6.66. The maximum Gasteiger partial charge on any atom is 0.124 e. The van der Waals surface area contributed by atoms with Crippen LogP contribution in [0.1, 0.15) is 86.8 Å². The van der Waals surface area contributed by atoms with Crippen molar-refractivity contribution < 1.29 is 20.4 Å². The first-order valence-electron chi connectivity index (χ1n) is 14.3. The van der Waals surface area contributed by atoms with Crippen LogP contribution in [0.2, 0.25) is 0 Å². The van der Waals surface area contributed by atoms with Crippen molar-refractivity contribution in [1.82, 2.24) is 9.80 Å². The Labute approximate surface area is 257 Å². The molecule has 0 aliphatic carbocycles. The number of likely N-dealkylation sites (tertiary alicyclic amines) is 2. The van der Waals surface area contributed by atoms with Crippen molar-refractivity contribution in [2.45, 2.75) is 114 Å². The molecule has 2 aromatic rings. The van der Waals surface area contributed by atoms with E-state index in [1.54, 1.807) is 0 Å². The lowest BCUT2D eigenvalue weighted by molar-refractivity contribution is -0.00562. The number of aromatic hydroxyl groups is 2. The first kappa shape index (κ1) is 33.3. The Hall–Kier alpha value is -1.16. The largest absolute Gasteiger partial charge is 0.507 e. The lowest BCUT2D eigenvalue weighted by Crippen LogP contribution is -2.45. The molecule has 0 saturated carbocycles. The molecule has 4 rings (SSSR count). The zero-order valence-electron chi connectivity index (χ0n) is 25.0. The number of benzene rings is 2. The molecule has 2 aliphatic rings. The van der Waals surface area contributed by atoms with E-state index in [-0.39, 0.29) is 12.1 Å². The summed E-state index contributed by atoms with van der Waals surface area (Å²) in [6.45, 7) is 14.8. The fourth-order valence-corrected chi connectivity index (χ4v) is 7.24. The van der Waals surface area contributed by atoms with Crippen LogP contribution < -0.4 is 0 Å². The molecule has 0 radical (unpaired) electrons. The third-order valence-electron chi connectivity index (χ3n) is 8.22. The third kappa shape index (κ3) is 8.45. The summed E-state index contributed by atoms with van der Waals surface area (Å²) in [7, 11) is 0. The standard InChI is InChI=1S/C23H38N2O3.C9H10Br2O/c1-16-12-17(14-24-10-6-8-19(24)22(2,3)27)21(26)18(13-16)15-25-11-7-9-20(25)23(4,5)28;1-6-2-7(4-10)9(12)8(3-6)5-11/h12-13,19-20,26-28H,6-11,14-15H2,1-5H3;2-3,12H,4-5H2,1H3/t19-,20?;/m1./s1.